The molecule has 4 nitrogen and oxygen atoms in total. The average molecular weight is 297 g/mol. The Kier molecular flexibility index (Phi) is 4.17. The van der Waals surface area contributed by atoms with E-state index in [9.17, 15) is 13.6 Å². The SMILES string of the molecule is O=C(c1cc(F)cc(F)c1)N1CCCC[C@H]1C1OCCO1. The van der Waals surface area contributed by atoms with Crippen LogP contribution in [0.5, 0.6) is 0 Å². The maximum absolute atomic E-state index is 13.3. The summed E-state index contributed by atoms with van der Waals surface area (Å²) >= 11 is 0. The van der Waals surface area contributed by atoms with Gasteiger partial charge in [-0.25, -0.2) is 8.78 Å². The van der Waals surface area contributed by atoms with Crippen molar-refractivity contribution in [2.75, 3.05) is 19.8 Å². The summed E-state index contributed by atoms with van der Waals surface area (Å²) in [6.07, 6.45) is 2.18. The van der Waals surface area contributed by atoms with Crippen LogP contribution in [0.4, 0.5) is 8.78 Å². The molecule has 1 atom stereocenters. The topological polar surface area (TPSA) is 38.8 Å². The molecule has 0 aromatic heterocycles. The number of benzene rings is 1. The average Bonchev–Trinajstić information content (AvgIpc) is 2.99. The number of likely N-dealkylation sites (tertiary alicyclic amines) is 1. The zero-order valence-corrected chi connectivity index (χ0v) is 11.6. The second kappa shape index (κ2) is 6.07. The molecule has 6 heteroatoms. The normalized spacial score (nSPS) is 23.5. The zero-order chi connectivity index (χ0) is 14.8. The van der Waals surface area contributed by atoms with Crippen molar-refractivity contribution >= 4 is 5.91 Å². The lowest BCUT2D eigenvalue weighted by Gasteiger charge is -2.38. The molecule has 0 saturated carbocycles. The number of halogens is 2. The van der Waals surface area contributed by atoms with Crippen molar-refractivity contribution in [1.82, 2.24) is 4.90 Å². The van der Waals surface area contributed by atoms with Crippen LogP contribution in [0, 0.1) is 11.6 Å². The molecule has 3 rings (SSSR count). The Labute approximate surface area is 121 Å². The van der Waals surface area contributed by atoms with Gasteiger partial charge < -0.3 is 14.4 Å². The first-order valence-electron chi connectivity index (χ1n) is 7.15. The Bertz CT molecular complexity index is 511. The fraction of sp³-hybridized carbons (Fsp3) is 0.533. The molecule has 1 aromatic carbocycles. The van der Waals surface area contributed by atoms with Gasteiger partial charge in [0.25, 0.3) is 5.91 Å². The van der Waals surface area contributed by atoms with Crippen LogP contribution in [0.1, 0.15) is 29.6 Å². The van der Waals surface area contributed by atoms with Gasteiger partial charge in [-0.05, 0) is 31.4 Å². The van der Waals surface area contributed by atoms with Crippen molar-refractivity contribution < 1.29 is 23.0 Å². The van der Waals surface area contributed by atoms with Crippen molar-refractivity contribution in [3.05, 3.63) is 35.4 Å². The van der Waals surface area contributed by atoms with E-state index >= 15 is 0 Å². The third kappa shape index (κ3) is 3.06. The lowest BCUT2D eigenvalue weighted by atomic mass is 10.00. The Hall–Kier alpha value is -1.53. The minimum atomic E-state index is -0.750. The molecule has 2 aliphatic heterocycles. The number of ether oxygens (including phenoxy) is 2. The first-order chi connectivity index (χ1) is 10.1. The number of nitrogens with zero attached hydrogens (tertiary/aromatic N) is 1. The van der Waals surface area contributed by atoms with E-state index in [1.807, 2.05) is 0 Å². The van der Waals surface area contributed by atoms with Crippen LogP contribution in [0.2, 0.25) is 0 Å². The first-order valence-corrected chi connectivity index (χ1v) is 7.15. The van der Waals surface area contributed by atoms with Crippen LogP contribution >= 0.6 is 0 Å². The lowest BCUT2D eigenvalue weighted by Crippen LogP contribution is -2.50. The maximum atomic E-state index is 13.3. The predicted octanol–water partition coefficient (Wildman–Crippen LogP) is 2.33. The number of rotatable bonds is 2. The summed E-state index contributed by atoms with van der Waals surface area (Å²) in [4.78, 5) is 14.2. The molecule has 2 saturated heterocycles. The van der Waals surface area contributed by atoms with Gasteiger partial charge in [0.15, 0.2) is 6.29 Å². The number of piperidine rings is 1. The van der Waals surface area contributed by atoms with Crippen molar-refractivity contribution in [2.45, 2.75) is 31.6 Å². The molecular weight excluding hydrogens is 280 g/mol. The Morgan fingerprint density at radius 3 is 2.43 bits per heavy atom. The number of hydrogen-bond acceptors (Lipinski definition) is 3. The van der Waals surface area contributed by atoms with Crippen LogP contribution in [-0.2, 0) is 9.47 Å². The Morgan fingerprint density at radius 1 is 1.10 bits per heavy atom. The molecule has 0 unspecified atom stereocenters. The highest BCUT2D eigenvalue weighted by Gasteiger charge is 2.36. The van der Waals surface area contributed by atoms with Gasteiger partial charge in [0.05, 0.1) is 19.3 Å². The van der Waals surface area contributed by atoms with Gasteiger partial charge in [0.2, 0.25) is 0 Å². The molecule has 114 valence electrons. The minimum absolute atomic E-state index is 0.0254. The van der Waals surface area contributed by atoms with Crippen LogP contribution in [0.3, 0.4) is 0 Å². The standard InChI is InChI=1S/C15H17F2NO3/c16-11-7-10(8-12(17)9-11)14(19)18-4-2-1-3-13(18)15-20-5-6-21-15/h7-9,13,15H,1-6H2/t13-/m0/s1. The molecule has 2 heterocycles. The molecule has 1 amide bonds. The summed E-state index contributed by atoms with van der Waals surface area (Å²) < 4.78 is 37.6. The largest absolute Gasteiger partial charge is 0.348 e. The maximum Gasteiger partial charge on any atom is 0.254 e. The van der Waals surface area contributed by atoms with E-state index in [4.69, 9.17) is 9.47 Å². The van der Waals surface area contributed by atoms with E-state index in [1.54, 1.807) is 4.90 Å². The van der Waals surface area contributed by atoms with Gasteiger partial charge in [-0.2, -0.15) is 0 Å². The second-order valence-electron chi connectivity index (χ2n) is 5.33. The van der Waals surface area contributed by atoms with Gasteiger partial charge in [-0.3, -0.25) is 4.79 Å². The fourth-order valence-electron chi connectivity index (χ4n) is 2.93. The van der Waals surface area contributed by atoms with Crippen LogP contribution < -0.4 is 0 Å². The van der Waals surface area contributed by atoms with Crippen molar-refractivity contribution in [2.24, 2.45) is 0 Å². The highest BCUT2D eigenvalue weighted by Crippen LogP contribution is 2.26. The van der Waals surface area contributed by atoms with Gasteiger partial charge in [0, 0.05) is 18.2 Å². The van der Waals surface area contributed by atoms with Crippen molar-refractivity contribution in [1.29, 1.82) is 0 Å². The third-order valence-electron chi connectivity index (χ3n) is 3.88. The first kappa shape index (κ1) is 14.4. The Balaban J connectivity index is 1.83. The molecule has 21 heavy (non-hydrogen) atoms. The van der Waals surface area contributed by atoms with E-state index in [0.717, 1.165) is 37.5 Å². The minimum Gasteiger partial charge on any atom is -0.348 e. The van der Waals surface area contributed by atoms with E-state index in [0.29, 0.717) is 19.8 Å². The number of carbonyl (C=O) groups excluding carboxylic acids is 1. The molecule has 0 bridgehead atoms. The van der Waals surface area contributed by atoms with E-state index < -0.39 is 17.9 Å². The number of carbonyl (C=O) groups is 1. The molecule has 2 fully saturated rings. The van der Waals surface area contributed by atoms with Crippen molar-refractivity contribution in [3.63, 3.8) is 0 Å². The Morgan fingerprint density at radius 2 is 1.76 bits per heavy atom. The van der Waals surface area contributed by atoms with Crippen LogP contribution in [0.15, 0.2) is 18.2 Å². The van der Waals surface area contributed by atoms with Gasteiger partial charge in [-0.1, -0.05) is 0 Å². The van der Waals surface area contributed by atoms with Crippen molar-refractivity contribution in [3.8, 4) is 0 Å². The molecule has 0 radical (unpaired) electrons. The van der Waals surface area contributed by atoms with Gasteiger partial charge in [0.1, 0.15) is 11.6 Å². The van der Waals surface area contributed by atoms with E-state index in [-0.39, 0.29) is 17.5 Å². The zero-order valence-electron chi connectivity index (χ0n) is 11.6. The summed E-state index contributed by atoms with van der Waals surface area (Å²) in [6.45, 7) is 1.57. The quantitative estimate of drug-likeness (QED) is 0.841. The van der Waals surface area contributed by atoms with Gasteiger partial charge >= 0.3 is 0 Å². The molecule has 0 aliphatic carbocycles. The molecular formula is C15H17F2NO3. The van der Waals surface area contributed by atoms with Crippen LogP contribution in [-0.4, -0.2) is 42.9 Å². The summed E-state index contributed by atoms with van der Waals surface area (Å²) in [5.41, 5.74) is 0.0254. The van der Waals surface area contributed by atoms with E-state index in [1.165, 1.54) is 0 Å². The summed E-state index contributed by atoms with van der Waals surface area (Å²) in [5, 5.41) is 0. The van der Waals surface area contributed by atoms with E-state index in [2.05, 4.69) is 0 Å². The molecule has 1 aromatic rings. The monoisotopic (exact) mass is 297 g/mol. The number of hydrogen-bond donors (Lipinski definition) is 0. The summed E-state index contributed by atoms with van der Waals surface area (Å²) in [7, 11) is 0. The predicted molar refractivity (Wildman–Crippen MR) is 70.7 cm³/mol. The molecule has 2 aliphatic rings. The lowest BCUT2D eigenvalue weighted by molar-refractivity contribution is -0.100. The molecule has 0 N–H and O–H groups in total. The highest BCUT2D eigenvalue weighted by molar-refractivity contribution is 5.94. The fourth-order valence-corrected chi connectivity index (χ4v) is 2.93. The smallest absolute Gasteiger partial charge is 0.254 e. The second-order valence-corrected chi connectivity index (χ2v) is 5.33. The highest BCUT2D eigenvalue weighted by atomic mass is 19.1. The third-order valence-corrected chi connectivity index (χ3v) is 3.88. The summed E-state index contributed by atoms with van der Waals surface area (Å²) in [5.74, 6) is -1.88. The summed E-state index contributed by atoms with van der Waals surface area (Å²) in [6, 6.07) is 2.69. The number of amides is 1. The van der Waals surface area contributed by atoms with Gasteiger partial charge in [-0.15, -0.1) is 0 Å². The molecule has 0 spiro atoms. The van der Waals surface area contributed by atoms with Crippen LogP contribution in [0.25, 0.3) is 0 Å².